The number of H-pyrrole nitrogens is 1. The first-order valence-electron chi connectivity index (χ1n) is 8.63. The largest absolute Gasteiger partial charge is 0.506 e. The number of aromatic amines is 1. The summed E-state index contributed by atoms with van der Waals surface area (Å²) < 4.78 is 12.6. The van der Waals surface area contributed by atoms with Gasteiger partial charge in [-0.2, -0.15) is 0 Å². The number of hydrogen-bond acceptors (Lipinski definition) is 8. The highest BCUT2D eigenvalue weighted by Crippen LogP contribution is 2.38. The summed E-state index contributed by atoms with van der Waals surface area (Å²) in [5.74, 6) is 0. The number of non-ortho nitro benzene ring substituents is 1. The quantitative estimate of drug-likeness (QED) is 0.370. The monoisotopic (exact) mass is 401 g/mol. The second kappa shape index (κ2) is 7.31. The third-order valence-electron chi connectivity index (χ3n) is 4.70. The van der Waals surface area contributed by atoms with Crippen LogP contribution in [0.5, 0.6) is 0 Å². The molecule has 0 amide bonds. The number of rotatable bonds is 5. The number of fused-ring (bicyclic) bond motifs is 1. The zero-order valence-electron chi connectivity index (χ0n) is 14.8. The molecule has 0 spiro atoms. The molecule has 1 aliphatic rings. The van der Waals surface area contributed by atoms with Crippen molar-refractivity contribution in [2.24, 2.45) is 0 Å². The molecule has 3 heterocycles. The van der Waals surface area contributed by atoms with Gasteiger partial charge in [-0.3, -0.25) is 19.5 Å². The molecule has 12 heteroatoms. The molecule has 12 nitrogen and oxygen atoms in total. The van der Waals surface area contributed by atoms with E-state index in [9.17, 15) is 19.7 Å². The van der Waals surface area contributed by atoms with Gasteiger partial charge in [0.05, 0.1) is 17.6 Å². The SMILES string of the molecule is O=C(O)OC(c1ccc([N+](=O)[O-])cc1)[C@@H]1CC[C@H](n2cnc3c(=O)[nH]cnc32)O1. The van der Waals surface area contributed by atoms with Gasteiger partial charge in [-0.25, -0.2) is 14.8 Å². The molecular weight excluding hydrogens is 386 g/mol. The number of aromatic nitrogens is 4. The molecule has 1 fully saturated rings. The van der Waals surface area contributed by atoms with Crippen LogP contribution in [-0.2, 0) is 9.47 Å². The Morgan fingerprint density at radius 1 is 1.34 bits per heavy atom. The molecule has 0 bridgehead atoms. The molecule has 0 saturated carbocycles. The van der Waals surface area contributed by atoms with Crippen molar-refractivity contribution >= 4 is 23.0 Å². The molecule has 0 aliphatic carbocycles. The standard InChI is InChI=1S/C17H15N5O7/c23-16-13-15(18-7-19-16)21(8-20-13)12-6-5-11(28-12)14(29-17(24)25)9-1-3-10(4-2-9)22(26)27/h1-4,7-8,11-12,14H,5-6H2,(H,24,25)(H,18,19,23)/t11-,12+,14?/m0/s1. The van der Waals surface area contributed by atoms with Crippen LogP contribution in [0.15, 0.2) is 41.7 Å². The number of carbonyl (C=O) groups is 1. The lowest BCUT2D eigenvalue weighted by Crippen LogP contribution is -2.24. The van der Waals surface area contributed by atoms with Crippen molar-refractivity contribution in [2.45, 2.75) is 31.3 Å². The van der Waals surface area contributed by atoms with E-state index in [0.717, 1.165) is 0 Å². The van der Waals surface area contributed by atoms with Crippen LogP contribution in [0.1, 0.15) is 30.7 Å². The van der Waals surface area contributed by atoms with E-state index in [0.29, 0.717) is 24.1 Å². The number of ether oxygens (including phenoxy) is 2. The summed E-state index contributed by atoms with van der Waals surface area (Å²) in [6.45, 7) is 0. The van der Waals surface area contributed by atoms with Crippen LogP contribution in [0, 0.1) is 10.1 Å². The Kier molecular flexibility index (Phi) is 4.68. The molecule has 1 aliphatic heterocycles. The van der Waals surface area contributed by atoms with Gasteiger partial charge in [0, 0.05) is 12.1 Å². The van der Waals surface area contributed by atoms with Gasteiger partial charge in [0.2, 0.25) is 0 Å². The van der Waals surface area contributed by atoms with Crippen LogP contribution < -0.4 is 5.56 Å². The maximum absolute atomic E-state index is 11.8. The lowest BCUT2D eigenvalue weighted by Gasteiger charge is -2.23. The molecule has 150 valence electrons. The summed E-state index contributed by atoms with van der Waals surface area (Å²) in [5.41, 5.74) is 0.475. The molecule has 0 radical (unpaired) electrons. The fourth-order valence-corrected chi connectivity index (χ4v) is 3.40. The summed E-state index contributed by atoms with van der Waals surface area (Å²) in [6.07, 6.45) is 0.0846. The maximum atomic E-state index is 11.8. The average Bonchev–Trinajstić information content (AvgIpc) is 3.33. The van der Waals surface area contributed by atoms with Gasteiger partial charge in [0.25, 0.3) is 11.2 Å². The van der Waals surface area contributed by atoms with E-state index < -0.39 is 29.5 Å². The lowest BCUT2D eigenvalue weighted by atomic mass is 10.0. The summed E-state index contributed by atoms with van der Waals surface area (Å²) >= 11 is 0. The molecule has 2 aromatic heterocycles. The molecule has 29 heavy (non-hydrogen) atoms. The second-order valence-corrected chi connectivity index (χ2v) is 6.42. The van der Waals surface area contributed by atoms with Gasteiger partial charge in [-0.15, -0.1) is 0 Å². The number of nitro groups is 1. The molecule has 3 aromatic rings. The smallest absolute Gasteiger partial charge is 0.450 e. The fourth-order valence-electron chi connectivity index (χ4n) is 3.40. The Bertz CT molecular complexity index is 1120. The number of imidazole rings is 1. The second-order valence-electron chi connectivity index (χ2n) is 6.42. The number of nitrogens with one attached hydrogen (secondary N) is 1. The third-order valence-corrected chi connectivity index (χ3v) is 4.70. The number of nitro benzene ring substituents is 1. The Morgan fingerprint density at radius 2 is 2.10 bits per heavy atom. The van der Waals surface area contributed by atoms with Crippen LogP contribution in [-0.4, -0.2) is 41.8 Å². The van der Waals surface area contributed by atoms with Crippen molar-refractivity contribution in [1.82, 2.24) is 19.5 Å². The minimum Gasteiger partial charge on any atom is -0.450 e. The van der Waals surface area contributed by atoms with E-state index in [-0.39, 0.29) is 16.8 Å². The average molecular weight is 401 g/mol. The van der Waals surface area contributed by atoms with Gasteiger partial charge in [-0.1, -0.05) is 0 Å². The third kappa shape index (κ3) is 3.52. The van der Waals surface area contributed by atoms with Gasteiger partial charge in [0.15, 0.2) is 17.3 Å². The van der Waals surface area contributed by atoms with E-state index >= 15 is 0 Å². The molecule has 1 aromatic carbocycles. The molecule has 4 rings (SSSR count). The Morgan fingerprint density at radius 3 is 2.79 bits per heavy atom. The first-order chi connectivity index (χ1) is 13.9. The van der Waals surface area contributed by atoms with Crippen molar-refractivity contribution < 1.29 is 24.3 Å². The van der Waals surface area contributed by atoms with E-state index in [1.807, 2.05) is 0 Å². The van der Waals surface area contributed by atoms with Crippen molar-refractivity contribution in [1.29, 1.82) is 0 Å². The highest BCUT2D eigenvalue weighted by molar-refractivity contribution is 5.68. The number of nitrogens with zero attached hydrogens (tertiary/aromatic N) is 4. The van der Waals surface area contributed by atoms with Crippen molar-refractivity contribution in [2.75, 3.05) is 0 Å². The molecule has 3 atom stereocenters. The zero-order valence-corrected chi connectivity index (χ0v) is 14.8. The first kappa shape index (κ1) is 18.6. The van der Waals surface area contributed by atoms with Crippen LogP contribution >= 0.6 is 0 Å². The first-order valence-corrected chi connectivity index (χ1v) is 8.63. The molecule has 1 unspecified atom stereocenters. The normalized spacial score (nSPS) is 19.9. The molecule has 1 saturated heterocycles. The van der Waals surface area contributed by atoms with Gasteiger partial charge in [0.1, 0.15) is 12.3 Å². The van der Waals surface area contributed by atoms with Gasteiger partial charge < -0.3 is 19.6 Å². The van der Waals surface area contributed by atoms with Crippen molar-refractivity contribution in [3.8, 4) is 0 Å². The van der Waals surface area contributed by atoms with Crippen LogP contribution in [0.2, 0.25) is 0 Å². The minimum atomic E-state index is -1.48. The molecule has 2 N–H and O–H groups in total. The maximum Gasteiger partial charge on any atom is 0.506 e. The Hall–Kier alpha value is -3.80. The summed E-state index contributed by atoms with van der Waals surface area (Å²) in [5, 5.41) is 20.0. The van der Waals surface area contributed by atoms with Gasteiger partial charge in [-0.05, 0) is 30.5 Å². The summed E-state index contributed by atoms with van der Waals surface area (Å²) in [7, 11) is 0. The van der Waals surface area contributed by atoms with Gasteiger partial charge >= 0.3 is 6.16 Å². The van der Waals surface area contributed by atoms with E-state index in [4.69, 9.17) is 14.6 Å². The van der Waals surface area contributed by atoms with Crippen LogP contribution in [0.25, 0.3) is 11.2 Å². The minimum absolute atomic E-state index is 0.116. The number of benzene rings is 1. The fraction of sp³-hybridized carbons (Fsp3) is 0.294. The predicted octanol–water partition coefficient (Wildman–Crippen LogP) is 2.14. The summed E-state index contributed by atoms with van der Waals surface area (Å²) in [6, 6.07) is 5.44. The molecular formula is C17H15N5O7. The Balaban J connectivity index is 1.60. The van der Waals surface area contributed by atoms with E-state index in [1.54, 1.807) is 4.57 Å². The topological polar surface area (TPSA) is 162 Å². The predicted molar refractivity (Wildman–Crippen MR) is 96.2 cm³/mol. The number of carboxylic acid groups (broad SMARTS) is 1. The zero-order chi connectivity index (χ0) is 20.5. The van der Waals surface area contributed by atoms with E-state index in [2.05, 4.69) is 15.0 Å². The van der Waals surface area contributed by atoms with Crippen LogP contribution in [0.4, 0.5) is 10.5 Å². The lowest BCUT2D eigenvalue weighted by molar-refractivity contribution is -0.384. The van der Waals surface area contributed by atoms with Crippen molar-refractivity contribution in [3.63, 3.8) is 0 Å². The highest BCUT2D eigenvalue weighted by Gasteiger charge is 2.37. The van der Waals surface area contributed by atoms with E-state index in [1.165, 1.54) is 36.9 Å². The van der Waals surface area contributed by atoms with Crippen LogP contribution in [0.3, 0.4) is 0 Å². The highest BCUT2D eigenvalue weighted by atomic mass is 16.7. The van der Waals surface area contributed by atoms with Crippen molar-refractivity contribution in [3.05, 3.63) is 63.0 Å². The number of hydrogen-bond donors (Lipinski definition) is 2. The Labute approximate surface area is 161 Å². The summed E-state index contributed by atoms with van der Waals surface area (Å²) in [4.78, 5) is 43.9.